The van der Waals surface area contributed by atoms with Crippen molar-refractivity contribution in [3.8, 4) is 0 Å². The van der Waals surface area contributed by atoms with E-state index in [1.807, 2.05) is 0 Å². The van der Waals surface area contributed by atoms with Crippen LogP contribution in [0.15, 0.2) is 0 Å². The van der Waals surface area contributed by atoms with E-state index in [2.05, 4.69) is 34.6 Å². The first-order valence-corrected chi connectivity index (χ1v) is 47.1. The van der Waals surface area contributed by atoms with E-state index in [0.717, 1.165) is 95.8 Å². The number of rotatable bonds is 85. The van der Waals surface area contributed by atoms with E-state index in [1.54, 1.807) is 0 Å². The molecule has 0 bridgehead atoms. The lowest BCUT2D eigenvalue weighted by molar-refractivity contribution is -0.161. The van der Waals surface area contributed by atoms with E-state index < -0.39 is 97.5 Å². The highest BCUT2D eigenvalue weighted by Crippen LogP contribution is 2.45. The lowest BCUT2D eigenvalue weighted by Gasteiger charge is -2.21. The molecule has 19 heteroatoms. The zero-order chi connectivity index (χ0) is 76.2. The number of carbonyl (C=O) groups excluding carboxylic acids is 4. The van der Waals surface area contributed by atoms with Crippen LogP contribution in [-0.4, -0.2) is 96.7 Å². The highest BCUT2D eigenvalue weighted by atomic mass is 31.2. The molecular formula is C85H166O17P2. The molecule has 0 aromatic rings. The summed E-state index contributed by atoms with van der Waals surface area (Å²) >= 11 is 0. The molecule has 3 N–H and O–H groups in total. The second-order valence-corrected chi connectivity index (χ2v) is 34.0. The van der Waals surface area contributed by atoms with Crippen molar-refractivity contribution in [3.63, 3.8) is 0 Å². The summed E-state index contributed by atoms with van der Waals surface area (Å²) in [6.07, 6.45) is 70.7. The fraction of sp³-hybridized carbons (Fsp3) is 0.953. The summed E-state index contributed by atoms with van der Waals surface area (Å²) in [7, 11) is -9.92. The summed E-state index contributed by atoms with van der Waals surface area (Å²) in [5.74, 6) is -1.30. The summed E-state index contributed by atoms with van der Waals surface area (Å²) in [5, 5.41) is 10.7. The molecule has 0 aliphatic heterocycles. The SMILES string of the molecule is CCCCCCCCCCCCCCCCCCCCC(=O)OC[C@H](COP(=O)(O)OC[C@@H](O)COP(=O)(O)OC[C@@H](COC(=O)CCCCCCCCCCCC)OC(=O)CCCCCCCCCCCCCCCCCCCC)OC(=O)CCCCCCCCCCCCCCCCCC(C)C. The first kappa shape index (κ1) is 102. The molecular weight excluding hydrogens is 1350 g/mol. The maximum Gasteiger partial charge on any atom is 0.472 e. The number of aliphatic hydroxyl groups excluding tert-OH is 1. The zero-order valence-electron chi connectivity index (χ0n) is 68.2. The van der Waals surface area contributed by atoms with Crippen molar-refractivity contribution < 1.29 is 80.2 Å². The van der Waals surface area contributed by atoms with Gasteiger partial charge in [-0.1, -0.05) is 407 Å². The van der Waals surface area contributed by atoms with Crippen LogP contribution in [0.3, 0.4) is 0 Å². The number of esters is 4. The second kappa shape index (κ2) is 77.8. The van der Waals surface area contributed by atoms with Crippen LogP contribution in [0.1, 0.15) is 458 Å². The summed E-state index contributed by atoms with van der Waals surface area (Å²) in [5.41, 5.74) is 0. The van der Waals surface area contributed by atoms with Gasteiger partial charge in [-0.15, -0.1) is 0 Å². The molecule has 0 radical (unpaired) electrons. The lowest BCUT2D eigenvalue weighted by atomic mass is 10.0. The Morgan fingerprint density at radius 2 is 0.442 bits per heavy atom. The highest BCUT2D eigenvalue weighted by molar-refractivity contribution is 7.47. The van der Waals surface area contributed by atoms with Crippen LogP contribution in [-0.2, 0) is 65.4 Å². The van der Waals surface area contributed by atoms with Gasteiger partial charge in [0.1, 0.15) is 19.3 Å². The third-order valence-corrected chi connectivity index (χ3v) is 21.9. The first-order valence-electron chi connectivity index (χ1n) is 44.1. The average molecular weight is 1520 g/mol. The molecule has 2 unspecified atom stereocenters. The molecule has 0 rings (SSSR count). The van der Waals surface area contributed by atoms with Crippen LogP contribution in [0.5, 0.6) is 0 Å². The summed E-state index contributed by atoms with van der Waals surface area (Å²) in [4.78, 5) is 73.2. The average Bonchev–Trinajstić information content (AvgIpc) is 0.910. The van der Waals surface area contributed by atoms with E-state index in [4.69, 9.17) is 37.0 Å². The quantitative estimate of drug-likeness (QED) is 0.0222. The predicted octanol–water partition coefficient (Wildman–Crippen LogP) is 26.0. The van der Waals surface area contributed by atoms with Crippen LogP contribution in [0.4, 0.5) is 0 Å². The van der Waals surface area contributed by atoms with Gasteiger partial charge in [-0.2, -0.15) is 0 Å². The van der Waals surface area contributed by atoms with Gasteiger partial charge in [0.05, 0.1) is 26.4 Å². The summed E-state index contributed by atoms with van der Waals surface area (Å²) in [6.45, 7) is 7.38. The maximum atomic E-state index is 13.1. The van der Waals surface area contributed by atoms with Crippen LogP contribution < -0.4 is 0 Å². The lowest BCUT2D eigenvalue weighted by Crippen LogP contribution is -2.30. The topological polar surface area (TPSA) is 237 Å². The highest BCUT2D eigenvalue weighted by Gasteiger charge is 2.30. The van der Waals surface area contributed by atoms with Gasteiger partial charge in [-0.25, -0.2) is 9.13 Å². The molecule has 0 saturated heterocycles. The molecule has 0 aromatic heterocycles. The normalized spacial score (nSPS) is 13.8. The van der Waals surface area contributed by atoms with Crippen molar-refractivity contribution in [2.24, 2.45) is 5.92 Å². The van der Waals surface area contributed by atoms with E-state index in [0.29, 0.717) is 25.7 Å². The van der Waals surface area contributed by atoms with E-state index >= 15 is 0 Å². The standard InChI is InChI=1S/C85H166O17P2/c1-6-9-12-15-18-21-24-26-28-30-32-36-40-44-49-54-59-64-69-83(88)96-75-81(102-85(90)71-66-61-56-51-46-42-38-34-35-39-43-47-52-57-62-67-78(4)5)77-100-104(93,94)98-73-79(86)72-97-103(91,92)99-76-80(74-95-82(87)68-63-58-53-48-23-20-17-14-11-8-3)101-84(89)70-65-60-55-50-45-41-37-33-31-29-27-25-22-19-16-13-10-7-2/h78-81,86H,6-77H2,1-5H3,(H,91,92)(H,93,94)/t79-,80+,81+/m0/s1. The van der Waals surface area contributed by atoms with Gasteiger partial charge in [-0.3, -0.25) is 37.3 Å². The molecule has 0 spiro atoms. The molecule has 104 heavy (non-hydrogen) atoms. The van der Waals surface area contributed by atoms with Crippen molar-refractivity contribution in [3.05, 3.63) is 0 Å². The third kappa shape index (κ3) is 78.2. The Morgan fingerprint density at radius 3 is 0.654 bits per heavy atom. The molecule has 5 atom stereocenters. The van der Waals surface area contributed by atoms with Gasteiger partial charge < -0.3 is 33.8 Å². The van der Waals surface area contributed by atoms with Gasteiger partial charge in [-0.05, 0) is 31.6 Å². The smallest absolute Gasteiger partial charge is 0.462 e. The monoisotopic (exact) mass is 1520 g/mol. The molecule has 17 nitrogen and oxygen atoms in total. The van der Waals surface area contributed by atoms with Crippen LogP contribution in [0, 0.1) is 5.92 Å². The van der Waals surface area contributed by atoms with Crippen molar-refractivity contribution in [2.75, 3.05) is 39.6 Å². The minimum Gasteiger partial charge on any atom is -0.462 e. The molecule has 0 aliphatic carbocycles. The molecule has 618 valence electrons. The Morgan fingerprint density at radius 1 is 0.260 bits per heavy atom. The number of ether oxygens (including phenoxy) is 4. The minimum absolute atomic E-state index is 0.109. The van der Waals surface area contributed by atoms with Gasteiger partial charge in [0, 0.05) is 25.7 Å². The minimum atomic E-state index is -4.96. The molecule has 0 saturated carbocycles. The third-order valence-electron chi connectivity index (χ3n) is 20.0. The number of hydrogen-bond donors (Lipinski definition) is 3. The molecule has 0 fully saturated rings. The van der Waals surface area contributed by atoms with Gasteiger partial charge >= 0.3 is 39.5 Å². The number of unbranched alkanes of at least 4 members (excludes halogenated alkanes) is 57. The molecule has 0 amide bonds. The van der Waals surface area contributed by atoms with E-state index in [1.165, 1.54) is 283 Å². The molecule has 0 aliphatic rings. The Kier molecular flexibility index (Phi) is 76.3. The number of carbonyl (C=O) groups is 4. The van der Waals surface area contributed by atoms with Gasteiger partial charge in [0.15, 0.2) is 12.2 Å². The molecule has 0 heterocycles. The largest absolute Gasteiger partial charge is 0.472 e. The number of phosphoric ester groups is 2. The molecule has 0 aromatic carbocycles. The zero-order valence-corrected chi connectivity index (χ0v) is 70.0. The Balaban J connectivity index is 5.23. The number of aliphatic hydroxyl groups is 1. The maximum absolute atomic E-state index is 13.1. The van der Waals surface area contributed by atoms with Crippen LogP contribution >= 0.6 is 15.6 Å². The van der Waals surface area contributed by atoms with E-state index in [9.17, 15) is 43.2 Å². The fourth-order valence-electron chi connectivity index (χ4n) is 13.3. The van der Waals surface area contributed by atoms with E-state index in [-0.39, 0.29) is 25.7 Å². The van der Waals surface area contributed by atoms with Gasteiger partial charge in [0.25, 0.3) is 0 Å². The number of hydrogen-bond acceptors (Lipinski definition) is 15. The van der Waals surface area contributed by atoms with Crippen molar-refractivity contribution in [1.82, 2.24) is 0 Å². The Hall–Kier alpha value is -1.94. The van der Waals surface area contributed by atoms with Gasteiger partial charge in [0.2, 0.25) is 0 Å². The number of phosphoric acid groups is 2. The van der Waals surface area contributed by atoms with Crippen LogP contribution in [0.2, 0.25) is 0 Å². The van der Waals surface area contributed by atoms with Crippen LogP contribution in [0.25, 0.3) is 0 Å². The Bertz CT molecular complexity index is 1980. The Labute approximate surface area is 638 Å². The summed E-state index contributed by atoms with van der Waals surface area (Å²) < 4.78 is 68.9. The second-order valence-electron chi connectivity index (χ2n) is 31.1. The van der Waals surface area contributed by atoms with Crippen molar-refractivity contribution in [1.29, 1.82) is 0 Å². The predicted molar refractivity (Wildman–Crippen MR) is 428 cm³/mol. The van der Waals surface area contributed by atoms with Crippen molar-refractivity contribution >= 4 is 39.5 Å². The fourth-order valence-corrected chi connectivity index (χ4v) is 14.9. The van der Waals surface area contributed by atoms with Crippen molar-refractivity contribution in [2.45, 2.75) is 477 Å². The first-order chi connectivity index (χ1) is 50.5. The summed E-state index contributed by atoms with van der Waals surface area (Å²) in [6, 6.07) is 0.